The highest BCUT2D eigenvalue weighted by Crippen LogP contribution is 2.41. The average molecular weight is 385 g/mol. The van der Waals surface area contributed by atoms with Crippen LogP contribution in [-0.4, -0.2) is 48.3 Å². The number of aliphatic hydroxyl groups is 1. The van der Waals surface area contributed by atoms with E-state index >= 15 is 0 Å². The van der Waals surface area contributed by atoms with Crippen LogP contribution in [0.1, 0.15) is 25.5 Å². The van der Waals surface area contributed by atoms with Crippen LogP contribution in [0, 0.1) is 5.41 Å². The van der Waals surface area contributed by atoms with E-state index < -0.39 is 5.51 Å². The van der Waals surface area contributed by atoms with E-state index in [-0.39, 0.29) is 47.1 Å². The van der Waals surface area contributed by atoms with Crippen LogP contribution in [0.2, 0.25) is 0 Å². The molecular weight excluding hydrogens is 361 g/mol. The summed E-state index contributed by atoms with van der Waals surface area (Å²) in [5.74, 6) is 0. The van der Waals surface area contributed by atoms with Gasteiger partial charge in [-0.25, -0.2) is 0 Å². The lowest BCUT2D eigenvalue weighted by molar-refractivity contribution is -0.0328. The number of thioether (sulfide) groups is 1. The lowest BCUT2D eigenvalue weighted by Gasteiger charge is -2.43. The van der Waals surface area contributed by atoms with Gasteiger partial charge in [-0.1, -0.05) is 26.0 Å². The summed E-state index contributed by atoms with van der Waals surface area (Å²) in [6.45, 7) is 7.44. The summed E-state index contributed by atoms with van der Waals surface area (Å²) in [6, 6.07) is 6.49. The van der Waals surface area contributed by atoms with Gasteiger partial charge in [0.25, 0.3) is 0 Å². The molecule has 1 fully saturated rings. The van der Waals surface area contributed by atoms with Crippen LogP contribution < -0.4 is 5.32 Å². The molecule has 1 saturated heterocycles. The van der Waals surface area contributed by atoms with Crippen LogP contribution in [0.5, 0.6) is 0 Å². The van der Waals surface area contributed by atoms with E-state index in [0.29, 0.717) is 0 Å². The van der Waals surface area contributed by atoms with Crippen molar-refractivity contribution in [2.75, 3.05) is 32.8 Å². The van der Waals surface area contributed by atoms with Gasteiger partial charge >= 0.3 is 5.51 Å². The molecule has 1 aliphatic heterocycles. The summed E-state index contributed by atoms with van der Waals surface area (Å²) in [5.41, 5.74) is -3.71. The van der Waals surface area contributed by atoms with E-state index in [1.807, 2.05) is 13.8 Å². The van der Waals surface area contributed by atoms with Gasteiger partial charge < -0.3 is 10.4 Å². The standard InChI is InChI=1S/C16H23F3N2OS.ClH/c1-15(2,11-22)14(21-9-7-20-8-10-21)12-3-5-13(6-4-12)23-16(17,18)19;/h3-6,14,20,22H,7-11H2,1-2H3;1H/t14-;/m0./s1. The van der Waals surface area contributed by atoms with Gasteiger partial charge in [-0.15, -0.1) is 12.4 Å². The number of hydrogen-bond acceptors (Lipinski definition) is 4. The summed E-state index contributed by atoms with van der Waals surface area (Å²) in [5, 5.41) is 13.1. The molecule has 0 aliphatic carbocycles. The predicted octanol–water partition coefficient (Wildman–Crippen LogP) is 3.69. The molecule has 0 saturated carbocycles. The molecule has 1 aromatic carbocycles. The lowest BCUT2D eigenvalue weighted by atomic mass is 9.80. The molecule has 0 bridgehead atoms. The molecule has 2 rings (SSSR count). The van der Waals surface area contributed by atoms with Gasteiger partial charge in [0.15, 0.2) is 0 Å². The molecule has 0 aromatic heterocycles. The largest absolute Gasteiger partial charge is 0.446 e. The van der Waals surface area contributed by atoms with Crippen molar-refractivity contribution in [1.29, 1.82) is 0 Å². The zero-order valence-corrected chi connectivity index (χ0v) is 15.4. The highest BCUT2D eigenvalue weighted by molar-refractivity contribution is 8.00. The minimum absolute atomic E-state index is 0. The number of nitrogens with one attached hydrogen (secondary N) is 1. The fourth-order valence-corrected chi connectivity index (χ4v) is 3.57. The summed E-state index contributed by atoms with van der Waals surface area (Å²) in [4.78, 5) is 2.47. The molecule has 0 spiro atoms. The molecule has 138 valence electrons. The Bertz CT molecular complexity index is 505. The van der Waals surface area contributed by atoms with Crippen LogP contribution in [0.25, 0.3) is 0 Å². The quantitative estimate of drug-likeness (QED) is 0.759. The van der Waals surface area contributed by atoms with E-state index in [4.69, 9.17) is 0 Å². The number of alkyl halides is 3. The van der Waals surface area contributed by atoms with Crippen LogP contribution in [-0.2, 0) is 0 Å². The first-order valence-electron chi connectivity index (χ1n) is 7.64. The molecule has 0 unspecified atom stereocenters. The van der Waals surface area contributed by atoms with Crippen LogP contribution in [0.4, 0.5) is 13.2 Å². The number of benzene rings is 1. The minimum atomic E-state index is -4.27. The Morgan fingerprint density at radius 1 is 1.17 bits per heavy atom. The van der Waals surface area contributed by atoms with Gasteiger partial charge in [-0.2, -0.15) is 13.2 Å². The lowest BCUT2D eigenvalue weighted by Crippen LogP contribution is -2.49. The summed E-state index contributed by atoms with van der Waals surface area (Å²) in [6.07, 6.45) is 0. The molecular formula is C16H24ClF3N2OS. The normalized spacial score (nSPS) is 18.1. The smallest absolute Gasteiger partial charge is 0.396 e. The molecule has 1 atom stereocenters. The molecule has 1 aliphatic rings. The third-order valence-electron chi connectivity index (χ3n) is 4.09. The van der Waals surface area contributed by atoms with Crippen LogP contribution in [0.15, 0.2) is 29.2 Å². The number of piperazine rings is 1. The number of hydrogen-bond donors (Lipinski definition) is 2. The third-order valence-corrected chi connectivity index (χ3v) is 4.83. The molecule has 0 amide bonds. The third kappa shape index (κ3) is 5.81. The van der Waals surface area contributed by atoms with Crippen molar-refractivity contribution < 1.29 is 18.3 Å². The van der Waals surface area contributed by atoms with Crippen molar-refractivity contribution in [3.63, 3.8) is 0 Å². The van der Waals surface area contributed by atoms with Crippen molar-refractivity contribution in [3.8, 4) is 0 Å². The fourth-order valence-electron chi connectivity index (χ4n) is 3.03. The van der Waals surface area contributed by atoms with E-state index in [1.54, 1.807) is 12.1 Å². The van der Waals surface area contributed by atoms with Crippen molar-refractivity contribution in [2.45, 2.75) is 30.3 Å². The highest BCUT2D eigenvalue weighted by atomic mass is 35.5. The van der Waals surface area contributed by atoms with Gasteiger partial charge in [0, 0.05) is 49.1 Å². The van der Waals surface area contributed by atoms with Gasteiger partial charge in [0.2, 0.25) is 0 Å². The van der Waals surface area contributed by atoms with E-state index in [9.17, 15) is 18.3 Å². The first kappa shape index (κ1) is 21.6. The van der Waals surface area contributed by atoms with E-state index in [0.717, 1.165) is 31.7 Å². The number of rotatable bonds is 5. The average Bonchev–Trinajstić information content (AvgIpc) is 2.49. The predicted molar refractivity (Wildman–Crippen MR) is 93.7 cm³/mol. The van der Waals surface area contributed by atoms with Gasteiger partial charge in [0.1, 0.15) is 0 Å². The van der Waals surface area contributed by atoms with Crippen molar-refractivity contribution in [2.24, 2.45) is 5.41 Å². The molecule has 0 radical (unpaired) electrons. The number of halogens is 4. The first-order chi connectivity index (χ1) is 10.7. The molecule has 8 heteroatoms. The van der Waals surface area contributed by atoms with Gasteiger partial charge in [-0.3, -0.25) is 4.90 Å². The van der Waals surface area contributed by atoms with Crippen molar-refractivity contribution >= 4 is 24.2 Å². The monoisotopic (exact) mass is 384 g/mol. The number of nitrogens with zero attached hydrogens (tertiary/aromatic N) is 1. The maximum Gasteiger partial charge on any atom is 0.446 e. The van der Waals surface area contributed by atoms with Crippen molar-refractivity contribution in [3.05, 3.63) is 29.8 Å². The Kier molecular flexibility index (Phi) is 7.87. The Hall–Kier alpha value is -0.470. The Morgan fingerprint density at radius 2 is 1.71 bits per heavy atom. The fraction of sp³-hybridized carbons (Fsp3) is 0.625. The number of aliphatic hydroxyl groups excluding tert-OH is 1. The molecule has 1 heterocycles. The zero-order chi connectivity index (χ0) is 17.1. The highest BCUT2D eigenvalue weighted by Gasteiger charge is 2.36. The Labute approximate surface area is 151 Å². The maximum atomic E-state index is 12.4. The van der Waals surface area contributed by atoms with Crippen LogP contribution >= 0.6 is 24.2 Å². The van der Waals surface area contributed by atoms with E-state index in [2.05, 4.69) is 10.2 Å². The van der Waals surface area contributed by atoms with Crippen molar-refractivity contribution in [1.82, 2.24) is 10.2 Å². The molecule has 24 heavy (non-hydrogen) atoms. The summed E-state index contributed by atoms with van der Waals surface area (Å²) >= 11 is -0.103. The molecule has 3 nitrogen and oxygen atoms in total. The van der Waals surface area contributed by atoms with E-state index in [1.165, 1.54) is 12.1 Å². The minimum Gasteiger partial charge on any atom is -0.396 e. The zero-order valence-electron chi connectivity index (χ0n) is 13.8. The molecule has 1 aromatic rings. The second-order valence-corrected chi connectivity index (χ2v) is 7.59. The van der Waals surface area contributed by atoms with Gasteiger partial charge in [0.05, 0.1) is 0 Å². The second kappa shape index (κ2) is 8.76. The first-order valence-corrected chi connectivity index (χ1v) is 8.46. The molecule has 2 N–H and O–H groups in total. The van der Waals surface area contributed by atoms with Crippen LogP contribution in [0.3, 0.4) is 0 Å². The summed E-state index contributed by atoms with van der Waals surface area (Å²) in [7, 11) is 0. The summed E-state index contributed by atoms with van der Waals surface area (Å²) < 4.78 is 37.3. The topological polar surface area (TPSA) is 35.5 Å². The Morgan fingerprint density at radius 3 is 2.17 bits per heavy atom. The van der Waals surface area contributed by atoms with Gasteiger partial charge in [-0.05, 0) is 29.5 Å². The second-order valence-electron chi connectivity index (χ2n) is 6.45. The Balaban J connectivity index is 0.00000288. The SMILES string of the molecule is CC(C)(CO)[C@H](c1ccc(SC(F)(F)F)cc1)N1CCNCC1.Cl. The maximum absolute atomic E-state index is 12.4.